The summed E-state index contributed by atoms with van der Waals surface area (Å²) in [6.45, 7) is 13.0. The van der Waals surface area contributed by atoms with Gasteiger partial charge in [0.05, 0.1) is 0 Å². The number of fused-ring (bicyclic) bond motifs is 3. The van der Waals surface area contributed by atoms with Crippen molar-refractivity contribution in [3.05, 3.63) is 0 Å². The zero-order valence-electron chi connectivity index (χ0n) is 11.8. The Balaban J connectivity index is 1.72. The number of rotatable bonds is 3. The normalized spacial score (nSPS) is 42.3. The van der Waals surface area contributed by atoms with Crippen molar-refractivity contribution in [3.63, 3.8) is 0 Å². The molecular formula is C14H28N4. The molecule has 4 saturated heterocycles. The van der Waals surface area contributed by atoms with E-state index in [2.05, 4.69) is 21.6 Å². The van der Waals surface area contributed by atoms with E-state index < -0.39 is 0 Å². The van der Waals surface area contributed by atoms with E-state index in [1.165, 1.54) is 65.2 Å². The lowest BCUT2D eigenvalue weighted by Crippen LogP contribution is -2.72. The zero-order valence-corrected chi connectivity index (χ0v) is 11.8. The SMILES string of the molecule is CCN1CCN(C2(CN)CN3CCC2CC3)CC1. The van der Waals surface area contributed by atoms with Gasteiger partial charge >= 0.3 is 0 Å². The molecule has 0 spiro atoms. The van der Waals surface area contributed by atoms with Crippen LogP contribution in [0.15, 0.2) is 0 Å². The van der Waals surface area contributed by atoms with E-state index in [1.807, 2.05) is 0 Å². The quantitative estimate of drug-likeness (QED) is 0.770. The molecule has 2 N–H and O–H groups in total. The van der Waals surface area contributed by atoms with Gasteiger partial charge in [0.15, 0.2) is 0 Å². The molecule has 1 atom stereocenters. The fraction of sp³-hybridized carbons (Fsp3) is 1.00. The van der Waals surface area contributed by atoms with E-state index >= 15 is 0 Å². The Bertz CT molecular complexity index is 280. The predicted molar refractivity (Wildman–Crippen MR) is 74.6 cm³/mol. The van der Waals surface area contributed by atoms with Gasteiger partial charge in [-0.1, -0.05) is 6.92 Å². The van der Waals surface area contributed by atoms with Gasteiger partial charge in [0.25, 0.3) is 0 Å². The summed E-state index contributed by atoms with van der Waals surface area (Å²) < 4.78 is 0. The summed E-state index contributed by atoms with van der Waals surface area (Å²) in [7, 11) is 0. The topological polar surface area (TPSA) is 35.7 Å². The number of piperidine rings is 3. The lowest BCUT2D eigenvalue weighted by atomic mass is 9.71. The maximum absolute atomic E-state index is 6.24. The van der Waals surface area contributed by atoms with Gasteiger partial charge in [-0.2, -0.15) is 0 Å². The highest BCUT2D eigenvalue weighted by Gasteiger charge is 2.49. The summed E-state index contributed by atoms with van der Waals surface area (Å²) in [5, 5.41) is 0. The van der Waals surface area contributed by atoms with Crippen LogP contribution in [0.1, 0.15) is 19.8 Å². The average molecular weight is 252 g/mol. The minimum absolute atomic E-state index is 0.302. The first kappa shape index (κ1) is 12.9. The fourth-order valence-corrected chi connectivity index (χ4v) is 4.37. The number of nitrogens with zero attached hydrogens (tertiary/aromatic N) is 3. The highest BCUT2D eigenvalue weighted by molar-refractivity contribution is 5.06. The van der Waals surface area contributed by atoms with Crippen molar-refractivity contribution in [2.45, 2.75) is 25.3 Å². The molecule has 0 aromatic carbocycles. The van der Waals surface area contributed by atoms with Crippen LogP contribution < -0.4 is 5.73 Å². The van der Waals surface area contributed by atoms with Crippen LogP contribution in [0.4, 0.5) is 0 Å². The number of piperazine rings is 1. The molecule has 4 aliphatic heterocycles. The van der Waals surface area contributed by atoms with E-state index in [9.17, 15) is 0 Å². The van der Waals surface area contributed by atoms with E-state index in [1.54, 1.807) is 0 Å². The minimum atomic E-state index is 0.302. The van der Waals surface area contributed by atoms with Gasteiger partial charge in [0.2, 0.25) is 0 Å². The number of hydrogen-bond donors (Lipinski definition) is 1. The second kappa shape index (κ2) is 5.08. The predicted octanol–water partition coefficient (Wildman–Crippen LogP) is 0.0470. The van der Waals surface area contributed by atoms with Crippen molar-refractivity contribution in [3.8, 4) is 0 Å². The van der Waals surface area contributed by atoms with E-state index in [0.717, 1.165) is 12.5 Å². The van der Waals surface area contributed by atoms with Gasteiger partial charge in [0, 0.05) is 44.8 Å². The molecule has 4 aliphatic rings. The van der Waals surface area contributed by atoms with Crippen LogP contribution in [0.2, 0.25) is 0 Å². The van der Waals surface area contributed by atoms with Gasteiger partial charge < -0.3 is 15.5 Å². The lowest BCUT2D eigenvalue weighted by molar-refractivity contribution is -0.0818. The third-order valence-corrected chi connectivity index (χ3v) is 5.65. The van der Waals surface area contributed by atoms with Gasteiger partial charge in [-0.15, -0.1) is 0 Å². The summed E-state index contributed by atoms with van der Waals surface area (Å²) in [5.41, 5.74) is 6.54. The molecule has 1 unspecified atom stereocenters. The first-order valence-electron chi connectivity index (χ1n) is 7.68. The zero-order chi connectivity index (χ0) is 12.6. The smallest absolute Gasteiger partial charge is 0.0488 e. The van der Waals surface area contributed by atoms with Crippen LogP contribution in [0.5, 0.6) is 0 Å². The number of hydrogen-bond acceptors (Lipinski definition) is 4. The minimum Gasteiger partial charge on any atom is -0.329 e. The molecule has 4 heterocycles. The Kier molecular flexibility index (Phi) is 3.63. The Hall–Kier alpha value is -0.160. The molecule has 0 radical (unpaired) electrons. The van der Waals surface area contributed by atoms with Gasteiger partial charge in [0.1, 0.15) is 0 Å². The van der Waals surface area contributed by atoms with E-state index in [0.29, 0.717) is 5.54 Å². The molecular weight excluding hydrogens is 224 g/mol. The monoisotopic (exact) mass is 252 g/mol. The van der Waals surface area contributed by atoms with Crippen molar-refractivity contribution in [1.29, 1.82) is 0 Å². The van der Waals surface area contributed by atoms with Crippen molar-refractivity contribution in [1.82, 2.24) is 14.7 Å². The molecule has 4 nitrogen and oxygen atoms in total. The van der Waals surface area contributed by atoms with E-state index in [4.69, 9.17) is 5.73 Å². The molecule has 18 heavy (non-hydrogen) atoms. The molecule has 2 bridgehead atoms. The van der Waals surface area contributed by atoms with Crippen molar-refractivity contribution in [2.24, 2.45) is 11.7 Å². The second-order valence-corrected chi connectivity index (χ2v) is 6.28. The summed E-state index contributed by atoms with van der Waals surface area (Å²) in [6.07, 6.45) is 2.73. The maximum atomic E-state index is 6.24. The average Bonchev–Trinajstić information content (AvgIpc) is 2.48. The summed E-state index contributed by atoms with van der Waals surface area (Å²) >= 11 is 0. The summed E-state index contributed by atoms with van der Waals surface area (Å²) in [5.74, 6) is 0.848. The molecule has 0 amide bonds. The number of likely N-dealkylation sites (N-methyl/N-ethyl adjacent to an activating group) is 1. The van der Waals surface area contributed by atoms with Gasteiger partial charge in [-0.3, -0.25) is 4.90 Å². The maximum Gasteiger partial charge on any atom is 0.0488 e. The van der Waals surface area contributed by atoms with Crippen molar-refractivity contribution in [2.75, 3.05) is 58.9 Å². The fourth-order valence-electron chi connectivity index (χ4n) is 4.37. The third kappa shape index (κ3) is 1.99. The van der Waals surface area contributed by atoms with E-state index in [-0.39, 0.29) is 0 Å². The molecule has 0 aliphatic carbocycles. The van der Waals surface area contributed by atoms with Gasteiger partial charge in [-0.05, 0) is 38.4 Å². The highest BCUT2D eigenvalue weighted by atomic mass is 15.3. The molecule has 104 valence electrons. The molecule has 4 rings (SSSR count). The second-order valence-electron chi connectivity index (χ2n) is 6.28. The Labute approximate surface area is 111 Å². The van der Waals surface area contributed by atoms with Crippen LogP contribution in [-0.2, 0) is 0 Å². The van der Waals surface area contributed by atoms with Crippen LogP contribution in [0.3, 0.4) is 0 Å². The molecule has 0 aromatic heterocycles. The summed E-state index contributed by atoms with van der Waals surface area (Å²) in [4.78, 5) is 7.93. The van der Waals surface area contributed by atoms with Crippen LogP contribution in [0, 0.1) is 5.92 Å². The largest absolute Gasteiger partial charge is 0.329 e. The molecule has 0 saturated carbocycles. The van der Waals surface area contributed by atoms with Crippen molar-refractivity contribution >= 4 is 0 Å². The standard InChI is InChI=1S/C14H28N4/c1-2-16-7-9-18(10-8-16)14(11-15)12-17-5-3-13(14)4-6-17/h13H,2-12,15H2,1H3. The Morgan fingerprint density at radius 2 is 1.72 bits per heavy atom. The van der Waals surface area contributed by atoms with Crippen LogP contribution in [0.25, 0.3) is 0 Å². The first-order valence-corrected chi connectivity index (χ1v) is 7.68. The Morgan fingerprint density at radius 3 is 2.17 bits per heavy atom. The highest BCUT2D eigenvalue weighted by Crippen LogP contribution is 2.39. The summed E-state index contributed by atoms with van der Waals surface area (Å²) in [6, 6.07) is 0. The molecule has 4 heteroatoms. The van der Waals surface area contributed by atoms with Gasteiger partial charge in [-0.25, -0.2) is 0 Å². The molecule has 0 aromatic rings. The Morgan fingerprint density at radius 1 is 1.06 bits per heavy atom. The van der Waals surface area contributed by atoms with Crippen molar-refractivity contribution < 1.29 is 0 Å². The van der Waals surface area contributed by atoms with Crippen LogP contribution >= 0.6 is 0 Å². The third-order valence-electron chi connectivity index (χ3n) is 5.65. The lowest BCUT2D eigenvalue weighted by Gasteiger charge is -2.59. The number of nitrogens with two attached hydrogens (primary N) is 1. The first-order chi connectivity index (χ1) is 8.78. The van der Waals surface area contributed by atoms with Crippen LogP contribution in [-0.4, -0.2) is 79.1 Å². The molecule has 4 fully saturated rings.